The molecule has 1 aliphatic rings. The van der Waals surface area contributed by atoms with Crippen LogP contribution in [0.2, 0.25) is 0 Å². The maximum atomic E-state index is 8.90. The third kappa shape index (κ3) is 4.97. The predicted octanol–water partition coefficient (Wildman–Crippen LogP) is 1.98. The lowest BCUT2D eigenvalue weighted by atomic mass is 9.99. The average Bonchev–Trinajstić information content (AvgIpc) is 2.88. The molecule has 1 aromatic rings. The number of aliphatic hydroxyl groups is 1. The summed E-state index contributed by atoms with van der Waals surface area (Å²) in [5.41, 5.74) is 0. The van der Waals surface area contributed by atoms with Gasteiger partial charge in [-0.15, -0.1) is 0 Å². The number of nitrogens with zero attached hydrogens (tertiary/aromatic N) is 1. The van der Waals surface area contributed by atoms with E-state index in [1.165, 1.54) is 38.9 Å². The highest BCUT2D eigenvalue weighted by molar-refractivity contribution is 5.05. The molecule has 2 rings (SSSR count). The summed E-state index contributed by atoms with van der Waals surface area (Å²) in [5, 5.41) is 12.3. The van der Waals surface area contributed by atoms with Crippen molar-refractivity contribution in [1.29, 1.82) is 0 Å². The Bertz CT molecular complexity index is 357. The van der Waals surface area contributed by atoms with E-state index in [4.69, 9.17) is 9.52 Å². The second kappa shape index (κ2) is 7.68. The van der Waals surface area contributed by atoms with E-state index in [0.29, 0.717) is 5.76 Å². The molecule has 1 aliphatic heterocycles. The molecular formula is C15H26N2O2. The third-order valence-electron chi connectivity index (χ3n) is 3.88. The fraction of sp³-hybridized carbons (Fsp3) is 0.733. The molecule has 0 atom stereocenters. The molecule has 2 N–H and O–H groups in total. The van der Waals surface area contributed by atoms with Crippen molar-refractivity contribution in [2.45, 2.75) is 39.3 Å². The van der Waals surface area contributed by atoms with Gasteiger partial charge in [-0.25, -0.2) is 0 Å². The molecule has 2 heterocycles. The Hall–Kier alpha value is -0.840. The lowest BCUT2D eigenvalue weighted by molar-refractivity contribution is 0.190. The van der Waals surface area contributed by atoms with E-state index in [-0.39, 0.29) is 6.61 Å². The highest BCUT2D eigenvalue weighted by Crippen LogP contribution is 2.15. The van der Waals surface area contributed by atoms with Crippen molar-refractivity contribution in [2.24, 2.45) is 5.92 Å². The molecule has 1 fully saturated rings. The predicted molar refractivity (Wildman–Crippen MR) is 75.8 cm³/mol. The molecule has 0 radical (unpaired) electrons. The molecule has 1 saturated heterocycles. The first-order chi connectivity index (χ1) is 9.28. The van der Waals surface area contributed by atoms with E-state index in [9.17, 15) is 0 Å². The molecular weight excluding hydrogens is 240 g/mol. The zero-order valence-corrected chi connectivity index (χ0v) is 11.9. The number of aliphatic hydroxyl groups excluding tert-OH is 1. The largest absolute Gasteiger partial charge is 0.462 e. The topological polar surface area (TPSA) is 48.6 Å². The molecule has 0 aromatic carbocycles. The van der Waals surface area contributed by atoms with Gasteiger partial charge in [-0.3, -0.25) is 0 Å². The van der Waals surface area contributed by atoms with Gasteiger partial charge in [0.1, 0.15) is 18.1 Å². The van der Waals surface area contributed by atoms with Crippen molar-refractivity contribution in [3.05, 3.63) is 23.7 Å². The molecule has 0 aliphatic carbocycles. The van der Waals surface area contributed by atoms with Crippen LogP contribution in [0.1, 0.15) is 37.7 Å². The summed E-state index contributed by atoms with van der Waals surface area (Å²) >= 11 is 0. The minimum atomic E-state index is -0.0205. The first kappa shape index (κ1) is 14.6. The van der Waals surface area contributed by atoms with Gasteiger partial charge in [0, 0.05) is 0 Å². The smallest absolute Gasteiger partial charge is 0.129 e. The normalized spacial score (nSPS) is 18.0. The van der Waals surface area contributed by atoms with Gasteiger partial charge < -0.3 is 19.7 Å². The molecule has 1 aromatic heterocycles. The van der Waals surface area contributed by atoms with Crippen LogP contribution < -0.4 is 5.32 Å². The van der Waals surface area contributed by atoms with Gasteiger partial charge in [-0.2, -0.15) is 0 Å². The summed E-state index contributed by atoms with van der Waals surface area (Å²) in [4.78, 5) is 2.57. The van der Waals surface area contributed by atoms with Gasteiger partial charge in [0.2, 0.25) is 0 Å². The highest BCUT2D eigenvalue weighted by atomic mass is 16.4. The fourth-order valence-electron chi connectivity index (χ4n) is 2.53. The summed E-state index contributed by atoms with van der Waals surface area (Å²) in [6.07, 6.45) is 3.88. The monoisotopic (exact) mass is 266 g/mol. The summed E-state index contributed by atoms with van der Waals surface area (Å²) < 4.78 is 5.42. The van der Waals surface area contributed by atoms with Crippen molar-refractivity contribution in [3.8, 4) is 0 Å². The van der Waals surface area contributed by atoms with Gasteiger partial charge in [0.05, 0.1) is 6.54 Å². The number of piperidine rings is 1. The summed E-state index contributed by atoms with van der Waals surface area (Å²) in [6.45, 7) is 7.81. The van der Waals surface area contributed by atoms with E-state index in [2.05, 4.69) is 17.1 Å². The van der Waals surface area contributed by atoms with Crippen LogP contribution in [-0.2, 0) is 13.2 Å². The number of likely N-dealkylation sites (tertiary alicyclic amines) is 1. The first-order valence-corrected chi connectivity index (χ1v) is 7.39. The molecule has 108 valence electrons. The van der Waals surface area contributed by atoms with E-state index >= 15 is 0 Å². The van der Waals surface area contributed by atoms with Gasteiger partial charge in [0.15, 0.2) is 0 Å². The lowest BCUT2D eigenvalue weighted by Crippen LogP contribution is -2.34. The quantitative estimate of drug-likeness (QED) is 0.741. The van der Waals surface area contributed by atoms with Crippen molar-refractivity contribution in [3.63, 3.8) is 0 Å². The molecule has 0 amide bonds. The summed E-state index contributed by atoms with van der Waals surface area (Å²) in [5.74, 6) is 2.45. The number of rotatable bonds is 7. The fourth-order valence-corrected chi connectivity index (χ4v) is 2.53. The van der Waals surface area contributed by atoms with Crippen LogP contribution in [0.3, 0.4) is 0 Å². The van der Waals surface area contributed by atoms with Gasteiger partial charge in [-0.1, -0.05) is 6.92 Å². The minimum absolute atomic E-state index is 0.0205. The Labute approximate surface area is 115 Å². The molecule has 19 heavy (non-hydrogen) atoms. The maximum Gasteiger partial charge on any atom is 0.129 e. The zero-order chi connectivity index (χ0) is 13.5. The van der Waals surface area contributed by atoms with E-state index < -0.39 is 0 Å². The molecule has 4 nitrogen and oxygen atoms in total. The van der Waals surface area contributed by atoms with Crippen LogP contribution >= 0.6 is 0 Å². The number of hydrogen-bond donors (Lipinski definition) is 2. The Balaban J connectivity index is 1.52. The van der Waals surface area contributed by atoms with Crippen LogP contribution in [0.4, 0.5) is 0 Å². The Kier molecular flexibility index (Phi) is 5.89. The number of nitrogens with one attached hydrogen (secondary N) is 1. The molecule has 0 bridgehead atoms. The molecule has 0 saturated carbocycles. The standard InChI is InChI=1S/C15H26N2O2/c1-13-5-9-17(10-6-13)8-2-7-16-11-14-3-4-15(12-18)19-14/h3-4,13,16,18H,2,5-12H2,1H3. The van der Waals surface area contributed by atoms with Crippen molar-refractivity contribution < 1.29 is 9.52 Å². The summed E-state index contributed by atoms with van der Waals surface area (Å²) in [6, 6.07) is 3.75. The lowest BCUT2D eigenvalue weighted by Gasteiger charge is -2.30. The average molecular weight is 266 g/mol. The molecule has 4 heteroatoms. The number of furan rings is 1. The minimum Gasteiger partial charge on any atom is -0.462 e. The Morgan fingerprint density at radius 1 is 1.32 bits per heavy atom. The van der Waals surface area contributed by atoms with E-state index in [1.54, 1.807) is 0 Å². The maximum absolute atomic E-state index is 8.90. The first-order valence-electron chi connectivity index (χ1n) is 7.39. The van der Waals surface area contributed by atoms with Crippen LogP contribution in [0.25, 0.3) is 0 Å². The third-order valence-corrected chi connectivity index (χ3v) is 3.88. The van der Waals surface area contributed by atoms with Crippen molar-refractivity contribution in [2.75, 3.05) is 26.2 Å². The van der Waals surface area contributed by atoms with Crippen molar-refractivity contribution >= 4 is 0 Å². The van der Waals surface area contributed by atoms with Gasteiger partial charge >= 0.3 is 0 Å². The molecule has 0 unspecified atom stereocenters. The van der Waals surface area contributed by atoms with Gasteiger partial charge in [-0.05, 0) is 63.5 Å². The van der Waals surface area contributed by atoms with Crippen LogP contribution in [0.5, 0.6) is 0 Å². The van der Waals surface area contributed by atoms with Crippen LogP contribution in [0, 0.1) is 5.92 Å². The second-order valence-corrected chi connectivity index (χ2v) is 5.58. The van der Waals surface area contributed by atoms with Crippen molar-refractivity contribution in [1.82, 2.24) is 10.2 Å². The Morgan fingerprint density at radius 2 is 2.05 bits per heavy atom. The highest BCUT2D eigenvalue weighted by Gasteiger charge is 2.14. The summed E-state index contributed by atoms with van der Waals surface area (Å²) in [7, 11) is 0. The van der Waals surface area contributed by atoms with E-state index in [1.807, 2.05) is 12.1 Å². The van der Waals surface area contributed by atoms with Crippen LogP contribution in [0.15, 0.2) is 16.5 Å². The molecule has 0 spiro atoms. The van der Waals surface area contributed by atoms with Gasteiger partial charge in [0.25, 0.3) is 0 Å². The van der Waals surface area contributed by atoms with Crippen LogP contribution in [-0.4, -0.2) is 36.2 Å². The zero-order valence-electron chi connectivity index (χ0n) is 11.9. The Morgan fingerprint density at radius 3 is 2.74 bits per heavy atom. The number of hydrogen-bond acceptors (Lipinski definition) is 4. The second-order valence-electron chi connectivity index (χ2n) is 5.58. The SMILES string of the molecule is CC1CCN(CCCNCc2ccc(CO)o2)CC1. The van der Waals surface area contributed by atoms with E-state index in [0.717, 1.165) is 24.8 Å².